The standard InChI is InChI=1S/C29H17F3N2/c30-24-14-15-25(28(32)27(24)31)34(19-8-2-1-3-9-19)26-17-23-20-10-5-4-7-18(20)12-13-21(23)22-11-6-16-33-29(22)26/h1-17H. The zero-order valence-corrected chi connectivity index (χ0v) is 17.8. The van der Waals surface area contributed by atoms with Gasteiger partial charge in [-0.2, -0.15) is 0 Å². The van der Waals surface area contributed by atoms with Gasteiger partial charge in [-0.3, -0.25) is 4.98 Å². The Morgan fingerprint density at radius 2 is 1.32 bits per heavy atom. The predicted molar refractivity (Wildman–Crippen MR) is 131 cm³/mol. The highest BCUT2D eigenvalue weighted by Crippen LogP contribution is 2.43. The molecule has 5 aromatic carbocycles. The number of aromatic nitrogens is 1. The highest BCUT2D eigenvalue weighted by atomic mass is 19.2. The van der Waals surface area contributed by atoms with Crippen molar-refractivity contribution >= 4 is 49.5 Å². The predicted octanol–water partition coefficient (Wildman–Crippen LogP) is 8.43. The molecular weight excluding hydrogens is 433 g/mol. The number of hydrogen-bond donors (Lipinski definition) is 0. The molecule has 0 spiro atoms. The topological polar surface area (TPSA) is 16.1 Å². The maximum absolute atomic E-state index is 15.2. The molecular formula is C29H17F3N2. The Morgan fingerprint density at radius 3 is 2.18 bits per heavy atom. The number of anilines is 3. The minimum Gasteiger partial charge on any atom is -0.305 e. The average molecular weight is 450 g/mol. The van der Waals surface area contributed by atoms with E-state index in [1.165, 1.54) is 6.07 Å². The van der Waals surface area contributed by atoms with Crippen LogP contribution in [0.15, 0.2) is 103 Å². The lowest BCUT2D eigenvalue weighted by Crippen LogP contribution is -2.14. The molecule has 0 atom stereocenters. The van der Waals surface area contributed by atoms with Crippen molar-refractivity contribution in [2.45, 2.75) is 0 Å². The Hall–Kier alpha value is -4.38. The second-order valence-electron chi connectivity index (χ2n) is 8.04. The van der Waals surface area contributed by atoms with E-state index in [1.807, 2.05) is 60.7 Å². The van der Waals surface area contributed by atoms with Crippen LogP contribution in [0.5, 0.6) is 0 Å². The lowest BCUT2D eigenvalue weighted by atomic mass is 9.97. The molecule has 6 aromatic rings. The van der Waals surface area contributed by atoms with Crippen LogP contribution >= 0.6 is 0 Å². The number of para-hydroxylation sites is 1. The first-order valence-electron chi connectivity index (χ1n) is 10.8. The minimum atomic E-state index is -1.51. The molecule has 0 radical (unpaired) electrons. The first-order chi connectivity index (χ1) is 16.6. The molecule has 0 N–H and O–H groups in total. The molecule has 0 aliphatic carbocycles. The fourth-order valence-electron chi connectivity index (χ4n) is 4.56. The summed E-state index contributed by atoms with van der Waals surface area (Å²) in [6.45, 7) is 0. The van der Waals surface area contributed by atoms with E-state index < -0.39 is 17.5 Å². The lowest BCUT2D eigenvalue weighted by Gasteiger charge is -2.27. The molecule has 0 amide bonds. The van der Waals surface area contributed by atoms with E-state index >= 15 is 4.39 Å². The van der Waals surface area contributed by atoms with Crippen molar-refractivity contribution in [3.05, 3.63) is 121 Å². The molecule has 2 nitrogen and oxygen atoms in total. The van der Waals surface area contributed by atoms with E-state index in [0.717, 1.165) is 33.0 Å². The van der Waals surface area contributed by atoms with Crippen LogP contribution in [-0.2, 0) is 0 Å². The van der Waals surface area contributed by atoms with Gasteiger partial charge >= 0.3 is 0 Å². The molecule has 1 heterocycles. The SMILES string of the molecule is Fc1ccc(N(c2ccccc2)c2cc3c4ccccc4ccc3c3cccnc23)c(F)c1F. The van der Waals surface area contributed by atoms with E-state index in [1.54, 1.807) is 23.2 Å². The monoisotopic (exact) mass is 450 g/mol. The van der Waals surface area contributed by atoms with E-state index in [9.17, 15) is 8.78 Å². The molecule has 0 bridgehead atoms. The van der Waals surface area contributed by atoms with E-state index in [2.05, 4.69) is 17.1 Å². The Bertz CT molecular complexity index is 1700. The van der Waals surface area contributed by atoms with Gasteiger partial charge in [0.2, 0.25) is 0 Å². The number of benzene rings is 5. The zero-order chi connectivity index (χ0) is 23.2. The van der Waals surface area contributed by atoms with Crippen LogP contribution in [0, 0.1) is 17.5 Å². The van der Waals surface area contributed by atoms with Gasteiger partial charge in [-0.05, 0) is 57.9 Å². The summed E-state index contributed by atoms with van der Waals surface area (Å²) in [4.78, 5) is 6.21. The summed E-state index contributed by atoms with van der Waals surface area (Å²) in [5.74, 6) is -4.00. The molecule has 0 saturated heterocycles. The summed E-state index contributed by atoms with van der Waals surface area (Å²) in [7, 11) is 0. The van der Waals surface area contributed by atoms with Crippen LogP contribution in [0.3, 0.4) is 0 Å². The molecule has 0 aliphatic heterocycles. The first kappa shape index (κ1) is 20.2. The number of halogens is 3. The first-order valence-corrected chi connectivity index (χ1v) is 10.8. The average Bonchev–Trinajstić information content (AvgIpc) is 2.89. The minimum absolute atomic E-state index is 0.100. The number of hydrogen-bond acceptors (Lipinski definition) is 2. The third-order valence-corrected chi connectivity index (χ3v) is 6.10. The van der Waals surface area contributed by atoms with Crippen LogP contribution in [0.4, 0.5) is 30.2 Å². The second kappa shape index (κ2) is 7.89. The van der Waals surface area contributed by atoms with E-state index in [0.29, 0.717) is 16.9 Å². The van der Waals surface area contributed by atoms with Crippen molar-refractivity contribution in [1.82, 2.24) is 4.98 Å². The van der Waals surface area contributed by atoms with Crippen LogP contribution in [0.1, 0.15) is 0 Å². The fourth-order valence-corrected chi connectivity index (χ4v) is 4.56. The molecule has 0 aliphatic rings. The van der Waals surface area contributed by atoms with Gasteiger partial charge in [0.1, 0.15) is 0 Å². The third-order valence-electron chi connectivity index (χ3n) is 6.10. The van der Waals surface area contributed by atoms with E-state index in [4.69, 9.17) is 0 Å². The van der Waals surface area contributed by atoms with Gasteiger partial charge in [-0.25, -0.2) is 13.2 Å². The van der Waals surface area contributed by atoms with Gasteiger partial charge in [0.15, 0.2) is 17.5 Å². The summed E-state index contributed by atoms with van der Waals surface area (Å²) >= 11 is 0. The van der Waals surface area contributed by atoms with Gasteiger partial charge in [-0.1, -0.05) is 60.7 Å². The van der Waals surface area contributed by atoms with Gasteiger partial charge in [0, 0.05) is 17.3 Å². The van der Waals surface area contributed by atoms with Crippen LogP contribution in [0.25, 0.3) is 32.4 Å². The second-order valence-corrected chi connectivity index (χ2v) is 8.04. The summed E-state index contributed by atoms with van der Waals surface area (Å²) < 4.78 is 43.4. The van der Waals surface area contributed by atoms with Gasteiger partial charge < -0.3 is 4.90 Å². The lowest BCUT2D eigenvalue weighted by molar-refractivity contribution is 0.448. The molecule has 5 heteroatoms. The quantitative estimate of drug-likeness (QED) is 0.199. The zero-order valence-electron chi connectivity index (χ0n) is 17.8. The highest BCUT2D eigenvalue weighted by Gasteiger charge is 2.24. The Morgan fingerprint density at radius 1 is 0.559 bits per heavy atom. The van der Waals surface area contributed by atoms with Crippen LogP contribution in [0.2, 0.25) is 0 Å². The highest BCUT2D eigenvalue weighted by molar-refractivity contribution is 6.20. The number of fused-ring (bicyclic) bond motifs is 5. The Balaban J connectivity index is 1.77. The van der Waals surface area contributed by atoms with Gasteiger partial charge in [0.05, 0.1) is 16.9 Å². The molecule has 6 rings (SSSR count). The molecule has 0 unspecified atom stereocenters. The maximum Gasteiger partial charge on any atom is 0.196 e. The van der Waals surface area contributed by atoms with Gasteiger partial charge in [0.25, 0.3) is 0 Å². The van der Waals surface area contributed by atoms with Crippen molar-refractivity contribution in [3.8, 4) is 0 Å². The molecule has 0 fully saturated rings. The third kappa shape index (κ3) is 3.09. The van der Waals surface area contributed by atoms with Crippen LogP contribution < -0.4 is 4.90 Å². The molecule has 164 valence electrons. The normalized spacial score (nSPS) is 11.4. The fraction of sp³-hybridized carbons (Fsp3) is 0. The van der Waals surface area contributed by atoms with Crippen LogP contribution in [-0.4, -0.2) is 4.98 Å². The number of rotatable bonds is 3. The molecule has 1 aromatic heterocycles. The Labute approximate surface area is 193 Å². The summed E-state index contributed by atoms with van der Waals surface area (Å²) in [6.07, 6.45) is 1.67. The van der Waals surface area contributed by atoms with Crippen molar-refractivity contribution in [1.29, 1.82) is 0 Å². The van der Waals surface area contributed by atoms with Crippen molar-refractivity contribution in [2.24, 2.45) is 0 Å². The van der Waals surface area contributed by atoms with Gasteiger partial charge in [-0.15, -0.1) is 0 Å². The molecule has 0 saturated carbocycles. The Kier molecular flexibility index (Phi) is 4.69. The maximum atomic E-state index is 15.2. The van der Waals surface area contributed by atoms with E-state index in [-0.39, 0.29) is 5.69 Å². The smallest absolute Gasteiger partial charge is 0.196 e. The van der Waals surface area contributed by atoms with Crippen molar-refractivity contribution in [3.63, 3.8) is 0 Å². The van der Waals surface area contributed by atoms with Crippen molar-refractivity contribution in [2.75, 3.05) is 4.90 Å². The summed E-state index contributed by atoms with van der Waals surface area (Å²) in [5, 5.41) is 4.94. The summed E-state index contributed by atoms with van der Waals surface area (Å²) in [6, 6.07) is 29.1. The number of nitrogens with zero attached hydrogens (tertiary/aromatic N) is 2. The number of pyridine rings is 1. The summed E-state index contributed by atoms with van der Waals surface area (Å²) in [5.41, 5.74) is 1.68. The largest absolute Gasteiger partial charge is 0.305 e. The van der Waals surface area contributed by atoms with Crippen molar-refractivity contribution < 1.29 is 13.2 Å². The molecule has 34 heavy (non-hydrogen) atoms.